The Hall–Kier alpha value is -1.77. The van der Waals surface area contributed by atoms with E-state index in [1.807, 2.05) is 37.4 Å². The van der Waals surface area contributed by atoms with Gasteiger partial charge >= 0.3 is 0 Å². The molecular formula is C12H16N2O. The van der Waals surface area contributed by atoms with Crippen LogP contribution in [0, 0.1) is 0 Å². The van der Waals surface area contributed by atoms with Gasteiger partial charge in [-0.25, -0.2) is 0 Å². The third-order valence-electron chi connectivity index (χ3n) is 1.70. The Morgan fingerprint density at radius 1 is 1.47 bits per heavy atom. The molecule has 0 spiro atoms. The molecule has 0 saturated heterocycles. The first kappa shape index (κ1) is 11.3. The summed E-state index contributed by atoms with van der Waals surface area (Å²) in [6.45, 7) is 6.14. The molecule has 3 heteroatoms. The zero-order valence-electron chi connectivity index (χ0n) is 8.94. The van der Waals surface area contributed by atoms with Crippen LogP contribution in [0.25, 0.3) is 0 Å². The molecule has 0 aromatic heterocycles. The molecule has 3 nitrogen and oxygen atoms in total. The van der Waals surface area contributed by atoms with Gasteiger partial charge in [-0.15, -0.1) is 0 Å². The SMILES string of the molecule is C=CCOc1ccccc1N/N=C\CC. The van der Waals surface area contributed by atoms with Crippen LogP contribution in [-0.2, 0) is 0 Å². The fourth-order valence-electron chi connectivity index (χ4n) is 1.04. The lowest BCUT2D eigenvalue weighted by Crippen LogP contribution is -1.97. The minimum absolute atomic E-state index is 0.496. The average Bonchev–Trinajstić information content (AvgIpc) is 2.28. The van der Waals surface area contributed by atoms with Gasteiger partial charge in [-0.2, -0.15) is 5.10 Å². The number of nitrogens with one attached hydrogen (secondary N) is 1. The van der Waals surface area contributed by atoms with E-state index >= 15 is 0 Å². The average molecular weight is 204 g/mol. The van der Waals surface area contributed by atoms with Crippen molar-refractivity contribution in [2.24, 2.45) is 5.10 Å². The van der Waals surface area contributed by atoms with Gasteiger partial charge in [0.2, 0.25) is 0 Å². The number of rotatable bonds is 6. The number of para-hydroxylation sites is 2. The van der Waals surface area contributed by atoms with E-state index in [1.165, 1.54) is 0 Å². The second-order valence-corrected chi connectivity index (χ2v) is 2.93. The maximum absolute atomic E-state index is 5.46. The molecule has 1 aromatic carbocycles. The Labute approximate surface area is 90.5 Å². The topological polar surface area (TPSA) is 33.6 Å². The Bertz CT molecular complexity index is 334. The maximum Gasteiger partial charge on any atom is 0.144 e. The number of hydrogen-bond acceptors (Lipinski definition) is 3. The molecule has 0 heterocycles. The van der Waals surface area contributed by atoms with E-state index in [0.717, 1.165) is 17.9 Å². The van der Waals surface area contributed by atoms with Gasteiger partial charge in [-0.1, -0.05) is 31.7 Å². The van der Waals surface area contributed by atoms with Crippen LogP contribution in [0.1, 0.15) is 13.3 Å². The largest absolute Gasteiger partial charge is 0.487 e. The third kappa shape index (κ3) is 3.85. The molecule has 0 saturated carbocycles. The second kappa shape index (κ2) is 6.65. The van der Waals surface area contributed by atoms with Crippen molar-refractivity contribution < 1.29 is 4.74 Å². The van der Waals surface area contributed by atoms with E-state index in [1.54, 1.807) is 6.08 Å². The van der Waals surface area contributed by atoms with Crippen LogP contribution in [0.15, 0.2) is 42.0 Å². The molecule has 0 radical (unpaired) electrons. The third-order valence-corrected chi connectivity index (χ3v) is 1.70. The van der Waals surface area contributed by atoms with Gasteiger partial charge in [0.05, 0.1) is 5.69 Å². The normalized spacial score (nSPS) is 10.2. The van der Waals surface area contributed by atoms with Crippen LogP contribution < -0.4 is 10.2 Å². The fourth-order valence-corrected chi connectivity index (χ4v) is 1.04. The lowest BCUT2D eigenvalue weighted by Gasteiger charge is -2.08. The van der Waals surface area contributed by atoms with E-state index in [0.29, 0.717) is 6.61 Å². The maximum atomic E-state index is 5.46. The van der Waals surface area contributed by atoms with Crippen molar-refractivity contribution >= 4 is 11.9 Å². The summed E-state index contributed by atoms with van der Waals surface area (Å²) in [4.78, 5) is 0. The lowest BCUT2D eigenvalue weighted by atomic mass is 10.3. The van der Waals surface area contributed by atoms with Crippen molar-refractivity contribution in [2.75, 3.05) is 12.0 Å². The van der Waals surface area contributed by atoms with E-state index in [2.05, 4.69) is 17.1 Å². The molecule has 1 N–H and O–H groups in total. The smallest absolute Gasteiger partial charge is 0.144 e. The summed E-state index contributed by atoms with van der Waals surface area (Å²) in [5.41, 5.74) is 3.80. The van der Waals surface area contributed by atoms with Gasteiger partial charge < -0.3 is 4.74 Å². The predicted molar refractivity (Wildman–Crippen MR) is 64.5 cm³/mol. The number of nitrogens with zero attached hydrogens (tertiary/aromatic N) is 1. The molecule has 0 unspecified atom stereocenters. The molecule has 0 aliphatic heterocycles. The highest BCUT2D eigenvalue weighted by molar-refractivity contribution is 5.61. The zero-order chi connectivity index (χ0) is 10.9. The van der Waals surface area contributed by atoms with Crippen LogP contribution in [-0.4, -0.2) is 12.8 Å². The molecule has 0 atom stereocenters. The molecule has 0 aliphatic rings. The van der Waals surface area contributed by atoms with Crippen molar-refractivity contribution in [3.05, 3.63) is 36.9 Å². The number of ether oxygens (including phenoxy) is 1. The molecule has 0 fully saturated rings. The van der Waals surface area contributed by atoms with E-state index in [9.17, 15) is 0 Å². The predicted octanol–water partition coefficient (Wildman–Crippen LogP) is 3.06. The van der Waals surface area contributed by atoms with Gasteiger partial charge in [0.1, 0.15) is 12.4 Å². The highest BCUT2D eigenvalue weighted by atomic mass is 16.5. The van der Waals surface area contributed by atoms with Gasteiger partial charge in [0.15, 0.2) is 0 Å². The summed E-state index contributed by atoms with van der Waals surface area (Å²) >= 11 is 0. The first-order valence-electron chi connectivity index (χ1n) is 4.98. The monoisotopic (exact) mass is 204 g/mol. The van der Waals surface area contributed by atoms with Crippen LogP contribution in [0.3, 0.4) is 0 Å². The molecule has 80 valence electrons. The lowest BCUT2D eigenvalue weighted by molar-refractivity contribution is 0.365. The van der Waals surface area contributed by atoms with Gasteiger partial charge in [0, 0.05) is 6.21 Å². The quantitative estimate of drug-likeness (QED) is 0.439. The first-order chi connectivity index (χ1) is 7.38. The van der Waals surface area contributed by atoms with Gasteiger partial charge in [-0.3, -0.25) is 5.43 Å². The molecule has 0 amide bonds. The first-order valence-corrected chi connectivity index (χ1v) is 4.98. The Morgan fingerprint density at radius 2 is 2.27 bits per heavy atom. The van der Waals surface area contributed by atoms with Gasteiger partial charge in [0.25, 0.3) is 0 Å². The van der Waals surface area contributed by atoms with E-state index < -0.39 is 0 Å². The summed E-state index contributed by atoms with van der Waals surface area (Å²) in [5, 5.41) is 4.05. The molecule has 0 aliphatic carbocycles. The number of anilines is 1. The van der Waals surface area contributed by atoms with Gasteiger partial charge in [-0.05, 0) is 18.6 Å². The molecular weight excluding hydrogens is 188 g/mol. The van der Waals surface area contributed by atoms with Crippen LogP contribution in [0.2, 0.25) is 0 Å². The van der Waals surface area contributed by atoms with Crippen molar-refractivity contribution in [1.29, 1.82) is 0 Å². The zero-order valence-corrected chi connectivity index (χ0v) is 8.94. The van der Waals surface area contributed by atoms with Crippen LogP contribution in [0.5, 0.6) is 5.75 Å². The standard InChI is InChI=1S/C12H16N2O/c1-3-9-13-14-11-7-5-6-8-12(11)15-10-4-2/h4-9,14H,2-3,10H2,1H3/b13-9-. The van der Waals surface area contributed by atoms with Crippen molar-refractivity contribution in [3.63, 3.8) is 0 Å². The minimum atomic E-state index is 0.496. The number of hydrazone groups is 1. The van der Waals surface area contributed by atoms with Crippen LogP contribution >= 0.6 is 0 Å². The van der Waals surface area contributed by atoms with Crippen LogP contribution in [0.4, 0.5) is 5.69 Å². The molecule has 15 heavy (non-hydrogen) atoms. The Kier molecular flexibility index (Phi) is 5.01. The van der Waals surface area contributed by atoms with Crippen molar-refractivity contribution in [3.8, 4) is 5.75 Å². The molecule has 0 bridgehead atoms. The Balaban J connectivity index is 2.67. The number of benzene rings is 1. The minimum Gasteiger partial charge on any atom is -0.487 e. The summed E-state index contributed by atoms with van der Waals surface area (Å²) in [6.07, 6.45) is 4.43. The van der Waals surface area contributed by atoms with E-state index in [-0.39, 0.29) is 0 Å². The van der Waals surface area contributed by atoms with Crippen molar-refractivity contribution in [1.82, 2.24) is 0 Å². The summed E-state index contributed by atoms with van der Waals surface area (Å²) in [6, 6.07) is 7.68. The number of hydrogen-bond donors (Lipinski definition) is 1. The highest BCUT2D eigenvalue weighted by Gasteiger charge is 1.99. The highest BCUT2D eigenvalue weighted by Crippen LogP contribution is 2.23. The van der Waals surface area contributed by atoms with E-state index in [4.69, 9.17) is 4.74 Å². The molecule has 1 aromatic rings. The van der Waals surface area contributed by atoms with Crippen molar-refractivity contribution in [2.45, 2.75) is 13.3 Å². The summed E-state index contributed by atoms with van der Waals surface area (Å²) in [7, 11) is 0. The summed E-state index contributed by atoms with van der Waals surface area (Å²) in [5.74, 6) is 0.783. The Morgan fingerprint density at radius 3 is 3.00 bits per heavy atom. The summed E-state index contributed by atoms with van der Waals surface area (Å²) < 4.78 is 5.46. The fraction of sp³-hybridized carbons (Fsp3) is 0.250. The molecule has 1 rings (SSSR count). The second-order valence-electron chi connectivity index (χ2n) is 2.93.